The first kappa shape index (κ1) is 14.7. The Balaban J connectivity index is 1.84. The lowest BCUT2D eigenvalue weighted by atomic mass is 10.3. The third-order valence-corrected chi connectivity index (χ3v) is 4.87. The average Bonchev–Trinajstić information content (AvgIpc) is 2.39. The number of phenolic OH excluding ortho intramolecular Hbond substituents is 4. The van der Waals surface area contributed by atoms with Gasteiger partial charge in [-0.15, -0.1) is 23.5 Å². The zero-order valence-corrected chi connectivity index (χ0v) is 12.1. The summed E-state index contributed by atoms with van der Waals surface area (Å²) >= 11 is 2.94. The second kappa shape index (κ2) is 6.67. The van der Waals surface area contributed by atoms with E-state index in [0.29, 0.717) is 9.79 Å². The van der Waals surface area contributed by atoms with Crippen molar-refractivity contribution in [1.29, 1.82) is 0 Å². The molecule has 106 valence electrons. The predicted molar refractivity (Wildman–Crippen MR) is 81.0 cm³/mol. The first-order valence-corrected chi connectivity index (χ1v) is 7.83. The van der Waals surface area contributed by atoms with Gasteiger partial charge < -0.3 is 20.4 Å². The first-order valence-electron chi connectivity index (χ1n) is 5.86. The van der Waals surface area contributed by atoms with E-state index >= 15 is 0 Å². The molecule has 0 aromatic heterocycles. The number of rotatable bonds is 5. The SMILES string of the molecule is Oc1ccc(SCCSc2ccc(O)cc2O)c(O)c1. The van der Waals surface area contributed by atoms with Crippen LogP contribution in [0.4, 0.5) is 0 Å². The number of hydrogen-bond acceptors (Lipinski definition) is 6. The molecule has 2 rings (SSSR count). The van der Waals surface area contributed by atoms with Gasteiger partial charge in [0.25, 0.3) is 0 Å². The highest BCUT2D eigenvalue weighted by Gasteiger charge is 2.05. The van der Waals surface area contributed by atoms with E-state index in [4.69, 9.17) is 0 Å². The van der Waals surface area contributed by atoms with Crippen LogP contribution < -0.4 is 0 Å². The smallest absolute Gasteiger partial charge is 0.132 e. The van der Waals surface area contributed by atoms with Gasteiger partial charge >= 0.3 is 0 Å². The van der Waals surface area contributed by atoms with Crippen LogP contribution in [0, 0.1) is 0 Å². The molecule has 20 heavy (non-hydrogen) atoms. The molecule has 0 unspecified atom stereocenters. The summed E-state index contributed by atoms with van der Waals surface area (Å²) in [6.45, 7) is 0. The summed E-state index contributed by atoms with van der Waals surface area (Å²) in [4.78, 5) is 1.41. The van der Waals surface area contributed by atoms with E-state index in [-0.39, 0.29) is 23.0 Å². The Morgan fingerprint density at radius 3 is 1.40 bits per heavy atom. The Hall–Kier alpha value is -1.66. The quantitative estimate of drug-likeness (QED) is 0.501. The van der Waals surface area contributed by atoms with E-state index in [0.717, 1.165) is 11.5 Å². The third kappa shape index (κ3) is 3.91. The van der Waals surface area contributed by atoms with Gasteiger partial charge in [-0.1, -0.05) is 0 Å². The lowest BCUT2D eigenvalue weighted by Crippen LogP contribution is -1.85. The van der Waals surface area contributed by atoms with Crippen LogP contribution in [0.5, 0.6) is 23.0 Å². The average molecular weight is 310 g/mol. The Kier molecular flexibility index (Phi) is 4.92. The van der Waals surface area contributed by atoms with E-state index in [9.17, 15) is 20.4 Å². The second-order valence-corrected chi connectivity index (χ2v) is 6.27. The lowest BCUT2D eigenvalue weighted by molar-refractivity contribution is 0.440. The van der Waals surface area contributed by atoms with E-state index in [1.807, 2.05) is 0 Å². The molecule has 6 heteroatoms. The minimum atomic E-state index is 0.0373. The van der Waals surface area contributed by atoms with Crippen LogP contribution in [0.2, 0.25) is 0 Å². The van der Waals surface area contributed by atoms with Gasteiger partial charge in [-0.3, -0.25) is 0 Å². The van der Waals surface area contributed by atoms with Crippen LogP contribution in [0.25, 0.3) is 0 Å². The first-order chi connectivity index (χ1) is 9.56. The monoisotopic (exact) mass is 310 g/mol. The lowest BCUT2D eigenvalue weighted by Gasteiger charge is -2.06. The van der Waals surface area contributed by atoms with Gasteiger partial charge in [0.05, 0.1) is 0 Å². The molecule has 2 aromatic rings. The predicted octanol–water partition coefficient (Wildman–Crippen LogP) is 3.39. The molecule has 0 amide bonds. The van der Waals surface area contributed by atoms with Crippen molar-refractivity contribution in [1.82, 2.24) is 0 Å². The minimum Gasteiger partial charge on any atom is -0.508 e. The molecule has 2 aromatic carbocycles. The maximum atomic E-state index is 9.63. The Bertz CT molecular complexity index is 548. The zero-order chi connectivity index (χ0) is 14.5. The van der Waals surface area contributed by atoms with Gasteiger partial charge in [0, 0.05) is 33.4 Å². The Morgan fingerprint density at radius 2 is 1.05 bits per heavy atom. The van der Waals surface area contributed by atoms with E-state index in [2.05, 4.69) is 0 Å². The largest absolute Gasteiger partial charge is 0.508 e. The van der Waals surface area contributed by atoms with Crippen molar-refractivity contribution in [3.05, 3.63) is 36.4 Å². The molecule has 0 spiro atoms. The molecule has 0 aliphatic rings. The van der Waals surface area contributed by atoms with Gasteiger partial charge in [0.15, 0.2) is 0 Å². The van der Waals surface area contributed by atoms with Crippen LogP contribution in [0.15, 0.2) is 46.2 Å². The van der Waals surface area contributed by atoms with Crippen LogP contribution in [0.3, 0.4) is 0 Å². The van der Waals surface area contributed by atoms with Crippen LogP contribution in [-0.2, 0) is 0 Å². The highest BCUT2D eigenvalue weighted by Crippen LogP contribution is 2.34. The second-order valence-electron chi connectivity index (χ2n) is 4.00. The highest BCUT2D eigenvalue weighted by molar-refractivity contribution is 8.03. The number of phenols is 4. The normalized spacial score (nSPS) is 10.6. The van der Waals surface area contributed by atoms with Crippen molar-refractivity contribution in [3.63, 3.8) is 0 Å². The summed E-state index contributed by atoms with van der Waals surface area (Å²) in [5.74, 6) is 1.68. The summed E-state index contributed by atoms with van der Waals surface area (Å²) < 4.78 is 0. The van der Waals surface area contributed by atoms with Crippen LogP contribution in [0.1, 0.15) is 0 Å². The van der Waals surface area contributed by atoms with Gasteiger partial charge in [0.1, 0.15) is 23.0 Å². The Labute approximate surface area is 125 Å². The fourth-order valence-electron chi connectivity index (χ4n) is 1.56. The topological polar surface area (TPSA) is 80.9 Å². The molecule has 0 radical (unpaired) electrons. The van der Waals surface area contributed by atoms with Gasteiger partial charge in [-0.05, 0) is 24.3 Å². The molecule has 0 aliphatic carbocycles. The molecule has 0 atom stereocenters. The third-order valence-electron chi connectivity index (χ3n) is 2.48. The van der Waals surface area contributed by atoms with Gasteiger partial charge in [-0.2, -0.15) is 0 Å². The molecule has 4 N–H and O–H groups in total. The fraction of sp³-hybridized carbons (Fsp3) is 0.143. The molecule has 0 saturated heterocycles. The van der Waals surface area contributed by atoms with Crippen molar-refractivity contribution < 1.29 is 20.4 Å². The van der Waals surface area contributed by atoms with E-state index in [1.54, 1.807) is 12.1 Å². The highest BCUT2D eigenvalue weighted by atomic mass is 32.2. The number of benzene rings is 2. The fourth-order valence-corrected chi connectivity index (χ4v) is 3.41. The van der Waals surface area contributed by atoms with Crippen LogP contribution >= 0.6 is 23.5 Å². The number of aromatic hydroxyl groups is 4. The van der Waals surface area contributed by atoms with Gasteiger partial charge in [-0.25, -0.2) is 0 Å². The van der Waals surface area contributed by atoms with Crippen molar-refractivity contribution in [2.75, 3.05) is 11.5 Å². The molecule has 0 aliphatic heterocycles. The maximum Gasteiger partial charge on any atom is 0.132 e. The Morgan fingerprint density at radius 1 is 0.650 bits per heavy atom. The van der Waals surface area contributed by atoms with Crippen LogP contribution in [-0.4, -0.2) is 31.9 Å². The van der Waals surface area contributed by atoms with E-state index < -0.39 is 0 Å². The van der Waals surface area contributed by atoms with Crippen molar-refractivity contribution in [2.24, 2.45) is 0 Å². The zero-order valence-electron chi connectivity index (χ0n) is 10.5. The molecule has 0 fully saturated rings. The molecule has 0 bridgehead atoms. The van der Waals surface area contributed by atoms with Gasteiger partial charge in [0.2, 0.25) is 0 Å². The molecule has 0 saturated carbocycles. The molecular weight excluding hydrogens is 296 g/mol. The van der Waals surface area contributed by atoms with E-state index in [1.165, 1.54) is 47.8 Å². The summed E-state index contributed by atoms with van der Waals surface area (Å²) in [5.41, 5.74) is 0. The molecule has 4 nitrogen and oxygen atoms in total. The summed E-state index contributed by atoms with van der Waals surface area (Å²) in [7, 11) is 0. The molecular formula is C14H14O4S2. The number of thioether (sulfide) groups is 2. The maximum absolute atomic E-state index is 9.63. The van der Waals surface area contributed by atoms with Crippen molar-refractivity contribution >= 4 is 23.5 Å². The summed E-state index contributed by atoms with van der Waals surface area (Å²) in [6, 6.07) is 9.00. The summed E-state index contributed by atoms with van der Waals surface area (Å²) in [6.07, 6.45) is 0. The minimum absolute atomic E-state index is 0.0373. The molecule has 0 heterocycles. The van der Waals surface area contributed by atoms with Crippen molar-refractivity contribution in [3.8, 4) is 23.0 Å². The number of hydrogen-bond donors (Lipinski definition) is 4. The standard InChI is InChI=1S/C14H14O4S2/c15-9-1-3-13(11(17)7-9)19-5-6-20-14-4-2-10(16)8-12(14)18/h1-4,7-8,15-18H,5-6H2. The van der Waals surface area contributed by atoms with Crippen molar-refractivity contribution in [2.45, 2.75) is 9.79 Å². The summed E-state index contributed by atoms with van der Waals surface area (Å²) in [5, 5.41) is 37.6.